The molecule has 0 bridgehead atoms. The molecule has 6 nitrogen and oxygen atoms in total. The lowest BCUT2D eigenvalue weighted by atomic mass is 10.0. The van der Waals surface area contributed by atoms with E-state index < -0.39 is 5.60 Å². The minimum absolute atomic E-state index is 0.139. The fourth-order valence-corrected chi connectivity index (χ4v) is 3.68. The van der Waals surface area contributed by atoms with Gasteiger partial charge in [-0.05, 0) is 71.1 Å². The van der Waals surface area contributed by atoms with Crippen LogP contribution in [0.2, 0.25) is 0 Å². The standard InChI is InChI=1S/C19H33N3O3/c1-19(2,3)25-18(24)20-15-8-10-22(11-9-15)12-16(23)21-17(13-4-5-13)14-6-7-14/h13-15,17H,4-12H2,1-3H3,(H,20,24)(H,21,23). The summed E-state index contributed by atoms with van der Waals surface area (Å²) in [5.41, 5.74) is -0.470. The number of ether oxygens (including phenoxy) is 1. The van der Waals surface area contributed by atoms with Crippen LogP contribution >= 0.6 is 0 Å². The molecule has 0 radical (unpaired) electrons. The van der Waals surface area contributed by atoms with Gasteiger partial charge in [-0.3, -0.25) is 9.69 Å². The highest BCUT2D eigenvalue weighted by atomic mass is 16.6. The SMILES string of the molecule is CC(C)(C)OC(=O)NC1CCN(CC(=O)NC(C2CC2)C2CC2)CC1. The van der Waals surface area contributed by atoms with E-state index in [-0.39, 0.29) is 18.0 Å². The number of carbonyl (C=O) groups is 2. The van der Waals surface area contributed by atoms with Crippen LogP contribution in [0.25, 0.3) is 0 Å². The molecule has 0 aromatic heterocycles. The van der Waals surface area contributed by atoms with Crippen molar-refractivity contribution in [2.45, 2.75) is 77.0 Å². The second-order valence-electron chi connectivity index (χ2n) is 8.96. The number of likely N-dealkylation sites (tertiary alicyclic amines) is 1. The number of nitrogens with zero attached hydrogens (tertiary/aromatic N) is 1. The van der Waals surface area contributed by atoms with Gasteiger partial charge in [-0.2, -0.15) is 0 Å². The molecule has 3 aliphatic rings. The Bertz CT molecular complexity index is 475. The molecule has 2 amide bonds. The van der Waals surface area contributed by atoms with Crippen LogP contribution in [0.1, 0.15) is 59.3 Å². The van der Waals surface area contributed by atoms with E-state index in [1.165, 1.54) is 25.7 Å². The van der Waals surface area contributed by atoms with E-state index in [4.69, 9.17) is 4.74 Å². The van der Waals surface area contributed by atoms with Crippen molar-refractivity contribution in [2.24, 2.45) is 11.8 Å². The zero-order valence-electron chi connectivity index (χ0n) is 15.8. The predicted molar refractivity (Wildman–Crippen MR) is 96.2 cm³/mol. The summed E-state index contributed by atoms with van der Waals surface area (Å²) in [5.74, 6) is 1.64. The van der Waals surface area contributed by atoms with Crippen LogP contribution in [-0.4, -0.2) is 54.2 Å². The quantitative estimate of drug-likeness (QED) is 0.770. The van der Waals surface area contributed by atoms with Gasteiger partial charge < -0.3 is 15.4 Å². The lowest BCUT2D eigenvalue weighted by molar-refractivity contribution is -0.123. The Labute approximate surface area is 151 Å². The van der Waals surface area contributed by atoms with Crippen LogP contribution in [0.5, 0.6) is 0 Å². The van der Waals surface area contributed by atoms with Crippen molar-refractivity contribution in [3.8, 4) is 0 Å². The average molecular weight is 351 g/mol. The summed E-state index contributed by atoms with van der Waals surface area (Å²) in [6.45, 7) is 7.75. The van der Waals surface area contributed by atoms with Gasteiger partial charge in [0.15, 0.2) is 0 Å². The molecule has 2 saturated carbocycles. The molecular formula is C19H33N3O3. The summed E-state index contributed by atoms with van der Waals surface area (Å²) >= 11 is 0. The maximum Gasteiger partial charge on any atom is 0.407 e. The summed E-state index contributed by atoms with van der Waals surface area (Å²) in [5, 5.41) is 6.23. The first kappa shape index (κ1) is 18.5. The Morgan fingerprint density at radius 1 is 1.04 bits per heavy atom. The average Bonchev–Trinajstić information content (AvgIpc) is 3.37. The number of rotatable bonds is 6. The van der Waals surface area contributed by atoms with Gasteiger partial charge in [0, 0.05) is 25.2 Å². The molecule has 1 saturated heterocycles. The highest BCUT2D eigenvalue weighted by Crippen LogP contribution is 2.44. The zero-order valence-corrected chi connectivity index (χ0v) is 15.8. The van der Waals surface area contributed by atoms with Gasteiger partial charge in [-0.25, -0.2) is 4.79 Å². The fraction of sp³-hybridized carbons (Fsp3) is 0.895. The number of hydrogen-bond acceptors (Lipinski definition) is 4. The summed E-state index contributed by atoms with van der Waals surface area (Å²) in [4.78, 5) is 26.4. The normalized spacial score (nSPS) is 22.7. The Morgan fingerprint density at radius 2 is 1.60 bits per heavy atom. The molecule has 0 aromatic carbocycles. The monoisotopic (exact) mass is 351 g/mol. The molecule has 25 heavy (non-hydrogen) atoms. The summed E-state index contributed by atoms with van der Waals surface area (Å²) in [6.07, 6.45) is 6.50. The van der Waals surface area contributed by atoms with Crippen molar-refractivity contribution in [1.82, 2.24) is 15.5 Å². The van der Waals surface area contributed by atoms with Gasteiger partial charge in [0.05, 0.1) is 6.54 Å². The Balaban J connectivity index is 1.34. The molecular weight excluding hydrogens is 318 g/mol. The molecule has 6 heteroatoms. The summed E-state index contributed by atoms with van der Waals surface area (Å²) in [6, 6.07) is 0.568. The van der Waals surface area contributed by atoms with E-state index in [9.17, 15) is 9.59 Å². The minimum Gasteiger partial charge on any atom is -0.444 e. The van der Waals surface area contributed by atoms with Crippen LogP contribution in [0, 0.1) is 11.8 Å². The number of alkyl carbamates (subject to hydrolysis) is 1. The van der Waals surface area contributed by atoms with Crippen molar-refractivity contribution < 1.29 is 14.3 Å². The number of piperidine rings is 1. The molecule has 1 aliphatic heterocycles. The number of amides is 2. The van der Waals surface area contributed by atoms with Crippen LogP contribution in [0.4, 0.5) is 4.79 Å². The summed E-state index contributed by atoms with van der Waals surface area (Å²) in [7, 11) is 0. The molecule has 3 rings (SSSR count). The molecule has 0 spiro atoms. The first-order chi connectivity index (χ1) is 11.8. The molecule has 0 unspecified atom stereocenters. The smallest absolute Gasteiger partial charge is 0.407 e. The molecule has 2 aliphatic carbocycles. The largest absolute Gasteiger partial charge is 0.444 e. The van der Waals surface area contributed by atoms with Gasteiger partial charge in [-0.1, -0.05) is 0 Å². The number of nitrogens with one attached hydrogen (secondary N) is 2. The molecule has 0 atom stereocenters. The Morgan fingerprint density at radius 3 is 2.08 bits per heavy atom. The zero-order chi connectivity index (χ0) is 18.0. The maximum absolute atomic E-state index is 12.4. The predicted octanol–water partition coefficient (Wildman–Crippen LogP) is 2.28. The van der Waals surface area contributed by atoms with Gasteiger partial charge in [0.1, 0.15) is 5.60 Å². The van der Waals surface area contributed by atoms with Crippen LogP contribution in [0.3, 0.4) is 0 Å². The van der Waals surface area contributed by atoms with Crippen LogP contribution in [0.15, 0.2) is 0 Å². The first-order valence-electron chi connectivity index (χ1n) is 9.81. The van der Waals surface area contributed by atoms with Crippen LogP contribution in [-0.2, 0) is 9.53 Å². The van der Waals surface area contributed by atoms with Crippen molar-refractivity contribution >= 4 is 12.0 Å². The third-order valence-corrected chi connectivity index (χ3v) is 5.26. The van der Waals surface area contributed by atoms with Gasteiger partial charge in [-0.15, -0.1) is 0 Å². The third-order valence-electron chi connectivity index (χ3n) is 5.26. The van der Waals surface area contributed by atoms with Gasteiger partial charge >= 0.3 is 6.09 Å². The molecule has 1 heterocycles. The topological polar surface area (TPSA) is 70.7 Å². The second kappa shape index (κ2) is 7.52. The fourth-order valence-electron chi connectivity index (χ4n) is 3.68. The number of carbonyl (C=O) groups excluding carboxylic acids is 2. The molecule has 142 valence electrons. The lowest BCUT2D eigenvalue weighted by Crippen LogP contribution is -2.49. The maximum atomic E-state index is 12.4. The van der Waals surface area contributed by atoms with E-state index in [0.29, 0.717) is 12.6 Å². The molecule has 2 N–H and O–H groups in total. The van der Waals surface area contributed by atoms with Crippen molar-refractivity contribution in [2.75, 3.05) is 19.6 Å². The van der Waals surface area contributed by atoms with E-state index in [0.717, 1.165) is 37.8 Å². The minimum atomic E-state index is -0.470. The first-order valence-corrected chi connectivity index (χ1v) is 9.81. The van der Waals surface area contributed by atoms with Gasteiger partial charge in [0.2, 0.25) is 5.91 Å². The number of hydrogen-bond donors (Lipinski definition) is 2. The summed E-state index contributed by atoms with van der Waals surface area (Å²) < 4.78 is 5.30. The Hall–Kier alpha value is -1.30. The van der Waals surface area contributed by atoms with Crippen molar-refractivity contribution in [3.63, 3.8) is 0 Å². The van der Waals surface area contributed by atoms with E-state index in [2.05, 4.69) is 15.5 Å². The highest BCUT2D eigenvalue weighted by molar-refractivity contribution is 5.78. The van der Waals surface area contributed by atoms with Crippen molar-refractivity contribution in [3.05, 3.63) is 0 Å². The molecule has 0 aromatic rings. The van der Waals surface area contributed by atoms with E-state index >= 15 is 0 Å². The van der Waals surface area contributed by atoms with E-state index in [1.807, 2.05) is 20.8 Å². The molecule has 3 fully saturated rings. The van der Waals surface area contributed by atoms with Gasteiger partial charge in [0.25, 0.3) is 0 Å². The van der Waals surface area contributed by atoms with E-state index in [1.54, 1.807) is 0 Å². The highest BCUT2D eigenvalue weighted by Gasteiger charge is 2.42. The third kappa shape index (κ3) is 6.17. The van der Waals surface area contributed by atoms with Crippen molar-refractivity contribution in [1.29, 1.82) is 0 Å². The second-order valence-corrected chi connectivity index (χ2v) is 8.96. The lowest BCUT2D eigenvalue weighted by Gasteiger charge is -2.32. The van der Waals surface area contributed by atoms with Crippen LogP contribution < -0.4 is 10.6 Å². The Kier molecular flexibility index (Phi) is 5.56.